The van der Waals surface area contributed by atoms with Crippen molar-refractivity contribution in [2.75, 3.05) is 0 Å². The third-order valence-electron chi connectivity index (χ3n) is 3.05. The van der Waals surface area contributed by atoms with Crippen molar-refractivity contribution in [2.24, 2.45) is 0 Å². The lowest BCUT2D eigenvalue weighted by molar-refractivity contribution is -0.131. The van der Waals surface area contributed by atoms with Crippen LogP contribution in [0.1, 0.15) is 12.5 Å². The summed E-state index contributed by atoms with van der Waals surface area (Å²) in [4.78, 5) is 23.5. The van der Waals surface area contributed by atoms with Gasteiger partial charge in [-0.3, -0.25) is 20.4 Å². The number of amides is 2. The van der Waals surface area contributed by atoms with Crippen molar-refractivity contribution in [2.45, 2.75) is 13.0 Å². The fraction of sp³-hybridized carbons (Fsp3) is 0.111. The van der Waals surface area contributed by atoms with Crippen LogP contribution in [-0.2, 0) is 9.59 Å². The molecular formula is C18H17FN2O3. The van der Waals surface area contributed by atoms with Crippen molar-refractivity contribution >= 4 is 17.9 Å². The Morgan fingerprint density at radius 3 is 2.42 bits per heavy atom. The number of carbonyl (C=O) groups is 2. The number of hydrogen-bond acceptors (Lipinski definition) is 3. The number of hydrogen-bond donors (Lipinski definition) is 2. The van der Waals surface area contributed by atoms with E-state index in [9.17, 15) is 14.0 Å². The van der Waals surface area contributed by atoms with Crippen LogP contribution in [0.25, 0.3) is 6.08 Å². The van der Waals surface area contributed by atoms with Crippen LogP contribution in [-0.4, -0.2) is 17.9 Å². The van der Waals surface area contributed by atoms with Crippen LogP contribution in [0.5, 0.6) is 5.75 Å². The first-order valence-electron chi connectivity index (χ1n) is 7.30. The van der Waals surface area contributed by atoms with Gasteiger partial charge < -0.3 is 4.74 Å². The van der Waals surface area contributed by atoms with Crippen LogP contribution in [0.15, 0.2) is 60.7 Å². The van der Waals surface area contributed by atoms with E-state index in [1.54, 1.807) is 12.1 Å². The monoisotopic (exact) mass is 328 g/mol. The molecule has 0 spiro atoms. The van der Waals surface area contributed by atoms with E-state index in [0.717, 1.165) is 5.56 Å². The molecule has 124 valence electrons. The van der Waals surface area contributed by atoms with E-state index >= 15 is 0 Å². The average molecular weight is 328 g/mol. The maximum Gasteiger partial charge on any atom is 0.279 e. The van der Waals surface area contributed by atoms with Crippen LogP contribution in [0.3, 0.4) is 0 Å². The minimum absolute atomic E-state index is 0.0320. The Balaban J connectivity index is 1.80. The summed E-state index contributed by atoms with van der Waals surface area (Å²) < 4.78 is 18.7. The van der Waals surface area contributed by atoms with Gasteiger partial charge in [0.1, 0.15) is 0 Å². The van der Waals surface area contributed by atoms with Gasteiger partial charge in [0.05, 0.1) is 0 Å². The number of nitrogens with one attached hydrogen (secondary N) is 2. The Labute approximate surface area is 139 Å². The lowest BCUT2D eigenvalue weighted by Gasteiger charge is -2.15. The van der Waals surface area contributed by atoms with Gasteiger partial charge in [0.15, 0.2) is 17.7 Å². The first-order chi connectivity index (χ1) is 11.6. The quantitative estimate of drug-likeness (QED) is 0.654. The molecule has 0 aliphatic carbocycles. The molecule has 2 aromatic carbocycles. The maximum absolute atomic E-state index is 13.5. The highest BCUT2D eigenvalue weighted by Crippen LogP contribution is 2.16. The zero-order valence-corrected chi connectivity index (χ0v) is 13.0. The molecule has 0 aromatic heterocycles. The Hall–Kier alpha value is -3.15. The second-order valence-corrected chi connectivity index (χ2v) is 4.91. The molecule has 2 N–H and O–H groups in total. The highest BCUT2D eigenvalue weighted by Gasteiger charge is 2.16. The predicted molar refractivity (Wildman–Crippen MR) is 88.3 cm³/mol. The Kier molecular flexibility index (Phi) is 6.08. The zero-order chi connectivity index (χ0) is 17.4. The molecule has 0 saturated carbocycles. The smallest absolute Gasteiger partial charge is 0.279 e. The molecule has 0 bridgehead atoms. The minimum atomic E-state index is -0.972. The number of carbonyl (C=O) groups excluding carboxylic acids is 2. The molecule has 5 nitrogen and oxygen atoms in total. The van der Waals surface area contributed by atoms with E-state index < -0.39 is 23.7 Å². The molecule has 0 unspecified atom stereocenters. The van der Waals surface area contributed by atoms with Crippen molar-refractivity contribution in [3.63, 3.8) is 0 Å². The van der Waals surface area contributed by atoms with Crippen molar-refractivity contribution in [1.82, 2.24) is 10.9 Å². The number of rotatable bonds is 5. The lowest BCUT2D eigenvalue weighted by atomic mass is 10.2. The van der Waals surface area contributed by atoms with Gasteiger partial charge in [0.25, 0.3) is 11.8 Å². The fourth-order valence-electron chi connectivity index (χ4n) is 1.79. The first kappa shape index (κ1) is 17.2. The standard InChI is InChI=1S/C18H17FN2O3/c1-13(24-16-10-6-5-9-15(16)19)18(23)21-20-17(22)12-11-14-7-3-2-4-8-14/h2-13H,1H3,(H,20,22)(H,21,23)/b12-11+/t13-/m1/s1. The molecular weight excluding hydrogens is 311 g/mol. The number of benzene rings is 2. The van der Waals surface area contributed by atoms with E-state index in [1.807, 2.05) is 30.3 Å². The largest absolute Gasteiger partial charge is 0.478 e. The van der Waals surface area contributed by atoms with Crippen LogP contribution >= 0.6 is 0 Å². The number of ether oxygens (including phenoxy) is 1. The number of halogens is 1. The fourth-order valence-corrected chi connectivity index (χ4v) is 1.79. The summed E-state index contributed by atoms with van der Waals surface area (Å²) in [6, 6.07) is 15.0. The van der Waals surface area contributed by atoms with Gasteiger partial charge in [0, 0.05) is 6.08 Å². The summed E-state index contributed by atoms with van der Waals surface area (Å²) in [7, 11) is 0. The second-order valence-electron chi connectivity index (χ2n) is 4.91. The molecule has 2 rings (SSSR count). The lowest BCUT2D eigenvalue weighted by Crippen LogP contribution is -2.46. The SMILES string of the molecule is C[C@@H](Oc1ccccc1F)C(=O)NNC(=O)/C=C/c1ccccc1. The molecule has 2 amide bonds. The van der Waals surface area contributed by atoms with E-state index in [2.05, 4.69) is 10.9 Å². The van der Waals surface area contributed by atoms with Gasteiger partial charge in [-0.1, -0.05) is 42.5 Å². The second kappa shape index (κ2) is 8.47. The number of para-hydroxylation sites is 1. The third-order valence-corrected chi connectivity index (χ3v) is 3.05. The van der Waals surface area contributed by atoms with Crippen molar-refractivity contribution in [1.29, 1.82) is 0 Å². The molecule has 24 heavy (non-hydrogen) atoms. The molecule has 0 radical (unpaired) electrons. The highest BCUT2D eigenvalue weighted by molar-refractivity contribution is 5.93. The Bertz CT molecular complexity index is 732. The van der Waals surface area contributed by atoms with E-state index in [1.165, 1.54) is 31.2 Å². The van der Waals surface area contributed by atoms with Crippen molar-refractivity contribution in [3.05, 3.63) is 72.1 Å². The zero-order valence-electron chi connectivity index (χ0n) is 13.0. The first-order valence-corrected chi connectivity index (χ1v) is 7.30. The highest BCUT2D eigenvalue weighted by atomic mass is 19.1. The summed E-state index contributed by atoms with van der Waals surface area (Å²) in [5, 5.41) is 0. The predicted octanol–water partition coefficient (Wildman–Crippen LogP) is 2.45. The van der Waals surface area contributed by atoms with Crippen LogP contribution in [0, 0.1) is 5.82 Å². The summed E-state index contributed by atoms with van der Waals surface area (Å²) >= 11 is 0. The summed E-state index contributed by atoms with van der Waals surface area (Å²) in [5.74, 6) is -1.69. The third kappa shape index (κ3) is 5.24. The molecule has 0 heterocycles. The van der Waals surface area contributed by atoms with Gasteiger partial charge in [-0.05, 0) is 30.7 Å². The Morgan fingerprint density at radius 1 is 1.04 bits per heavy atom. The van der Waals surface area contributed by atoms with Crippen LogP contribution in [0.2, 0.25) is 0 Å². The topological polar surface area (TPSA) is 67.4 Å². The van der Waals surface area contributed by atoms with E-state index in [-0.39, 0.29) is 5.75 Å². The van der Waals surface area contributed by atoms with Crippen LogP contribution in [0.4, 0.5) is 4.39 Å². The Morgan fingerprint density at radius 2 is 1.71 bits per heavy atom. The van der Waals surface area contributed by atoms with Gasteiger partial charge >= 0.3 is 0 Å². The molecule has 6 heteroatoms. The van der Waals surface area contributed by atoms with Crippen molar-refractivity contribution in [3.8, 4) is 5.75 Å². The normalized spacial score (nSPS) is 11.8. The van der Waals surface area contributed by atoms with Gasteiger partial charge in [0.2, 0.25) is 0 Å². The van der Waals surface area contributed by atoms with E-state index in [0.29, 0.717) is 0 Å². The van der Waals surface area contributed by atoms with Crippen LogP contribution < -0.4 is 15.6 Å². The number of hydrazine groups is 1. The average Bonchev–Trinajstić information content (AvgIpc) is 2.60. The molecule has 0 aliphatic rings. The van der Waals surface area contributed by atoms with Crippen molar-refractivity contribution < 1.29 is 18.7 Å². The summed E-state index contributed by atoms with van der Waals surface area (Å²) in [6.07, 6.45) is 1.93. The van der Waals surface area contributed by atoms with Gasteiger partial charge in [-0.15, -0.1) is 0 Å². The summed E-state index contributed by atoms with van der Waals surface area (Å²) in [5.41, 5.74) is 5.31. The van der Waals surface area contributed by atoms with E-state index in [4.69, 9.17) is 4.74 Å². The molecule has 0 saturated heterocycles. The maximum atomic E-state index is 13.5. The minimum Gasteiger partial charge on any atom is -0.478 e. The molecule has 0 fully saturated rings. The summed E-state index contributed by atoms with van der Waals surface area (Å²) in [6.45, 7) is 1.45. The molecule has 1 atom stereocenters. The molecule has 2 aromatic rings. The van der Waals surface area contributed by atoms with Gasteiger partial charge in [-0.2, -0.15) is 0 Å². The molecule has 0 aliphatic heterocycles. The van der Waals surface area contributed by atoms with Gasteiger partial charge in [-0.25, -0.2) is 4.39 Å².